The van der Waals surface area contributed by atoms with Gasteiger partial charge in [-0.05, 0) is 57.5 Å². The molecule has 0 aliphatic rings. The first-order chi connectivity index (χ1) is 10.2. The Hall–Kier alpha value is -1.95. The van der Waals surface area contributed by atoms with E-state index in [-0.39, 0.29) is 11.4 Å². The van der Waals surface area contributed by atoms with E-state index in [2.05, 4.69) is 36.8 Å². The predicted molar refractivity (Wildman–Crippen MR) is 91.4 cm³/mol. The van der Waals surface area contributed by atoms with Crippen LogP contribution >= 0.6 is 15.9 Å². The van der Waals surface area contributed by atoms with Crippen molar-refractivity contribution in [1.82, 2.24) is 15.5 Å². The van der Waals surface area contributed by atoms with E-state index in [0.717, 1.165) is 15.7 Å². The maximum atomic E-state index is 12.0. The topological polar surface area (TPSA) is 66.9 Å². The highest BCUT2D eigenvalue weighted by atomic mass is 79.9. The van der Waals surface area contributed by atoms with Crippen molar-refractivity contribution in [3.8, 4) is 0 Å². The number of hydrogen-bond acceptors (Lipinski definition) is 4. The number of carbonyl (C=O) groups excluding carboxylic acids is 1. The Bertz CT molecular complexity index is 678. The molecule has 0 aliphatic heterocycles. The van der Waals surface area contributed by atoms with Crippen LogP contribution in [0.25, 0.3) is 0 Å². The lowest BCUT2D eigenvalue weighted by Crippen LogP contribution is -2.41. The number of aromatic nitrogens is 2. The Morgan fingerprint density at radius 3 is 2.41 bits per heavy atom. The monoisotopic (exact) mass is 362 g/mol. The van der Waals surface area contributed by atoms with Gasteiger partial charge in [0.05, 0.1) is 0 Å². The van der Waals surface area contributed by atoms with Crippen molar-refractivity contribution in [2.24, 2.45) is 0 Å². The Kier molecular flexibility index (Phi) is 4.81. The minimum Gasteiger partial charge on any atom is -0.346 e. The molecule has 5 nitrogen and oxygen atoms in total. The minimum atomic E-state index is -0.302. The van der Waals surface area contributed by atoms with Gasteiger partial charge in [0.25, 0.3) is 5.91 Å². The molecule has 1 aromatic carbocycles. The van der Waals surface area contributed by atoms with E-state index in [9.17, 15) is 4.79 Å². The van der Waals surface area contributed by atoms with Gasteiger partial charge in [-0.3, -0.25) is 4.79 Å². The quantitative estimate of drug-likeness (QED) is 0.870. The van der Waals surface area contributed by atoms with Gasteiger partial charge in [0, 0.05) is 15.7 Å². The molecule has 0 saturated heterocycles. The van der Waals surface area contributed by atoms with Crippen LogP contribution in [0, 0.1) is 6.92 Å². The number of halogens is 1. The second kappa shape index (κ2) is 6.44. The van der Waals surface area contributed by atoms with Gasteiger partial charge in [-0.1, -0.05) is 22.0 Å². The largest absolute Gasteiger partial charge is 0.346 e. The number of hydrogen-bond donors (Lipinski definition) is 2. The molecule has 1 heterocycles. The first kappa shape index (κ1) is 16.4. The summed E-state index contributed by atoms with van der Waals surface area (Å²) >= 11 is 3.49. The highest BCUT2D eigenvalue weighted by molar-refractivity contribution is 9.10. The molecule has 2 aromatic rings. The molecule has 22 heavy (non-hydrogen) atoms. The summed E-state index contributed by atoms with van der Waals surface area (Å²) in [7, 11) is 0. The molecule has 0 aliphatic carbocycles. The molecule has 2 N–H and O–H groups in total. The molecule has 2 rings (SSSR count). The zero-order valence-electron chi connectivity index (χ0n) is 13.1. The van der Waals surface area contributed by atoms with Crippen molar-refractivity contribution < 1.29 is 4.79 Å². The van der Waals surface area contributed by atoms with E-state index in [1.807, 2.05) is 45.9 Å². The number of amides is 1. The average Bonchev–Trinajstić information content (AvgIpc) is 2.42. The third-order valence-corrected chi connectivity index (χ3v) is 3.68. The van der Waals surface area contributed by atoms with Crippen molar-refractivity contribution in [2.75, 3.05) is 5.32 Å². The van der Waals surface area contributed by atoms with Crippen LogP contribution in [0.15, 0.2) is 34.8 Å². The van der Waals surface area contributed by atoms with Crippen LogP contribution in [0.3, 0.4) is 0 Å². The fraction of sp³-hybridized carbons (Fsp3) is 0.312. The Morgan fingerprint density at radius 1 is 1.14 bits per heavy atom. The van der Waals surface area contributed by atoms with Crippen LogP contribution in [-0.2, 0) is 0 Å². The third-order valence-electron chi connectivity index (χ3n) is 2.83. The van der Waals surface area contributed by atoms with Crippen LogP contribution < -0.4 is 10.6 Å². The minimum absolute atomic E-state index is 0.232. The number of nitrogens with one attached hydrogen (secondary N) is 2. The smallest absolute Gasteiger partial charge is 0.272 e. The Balaban J connectivity index is 2.08. The van der Waals surface area contributed by atoms with Crippen molar-refractivity contribution in [2.45, 2.75) is 33.2 Å². The maximum Gasteiger partial charge on any atom is 0.272 e. The van der Waals surface area contributed by atoms with Crippen LogP contribution in [0.4, 0.5) is 11.5 Å². The van der Waals surface area contributed by atoms with Gasteiger partial charge >= 0.3 is 0 Å². The van der Waals surface area contributed by atoms with Gasteiger partial charge in [-0.15, -0.1) is 10.2 Å². The standard InChI is InChI=1S/C16H19BrN4O/c1-10-5-6-11(9-12(10)17)18-14-8-7-13(20-21-14)15(22)19-16(2,3)4/h5-9H,1-4H3,(H,18,21)(H,19,22). The lowest BCUT2D eigenvalue weighted by molar-refractivity contribution is 0.0913. The molecule has 0 radical (unpaired) electrons. The number of nitrogens with zero attached hydrogens (tertiary/aromatic N) is 2. The molecule has 0 saturated carbocycles. The summed E-state index contributed by atoms with van der Waals surface area (Å²) in [6.45, 7) is 7.78. The molecule has 0 unspecified atom stereocenters. The molecule has 1 aromatic heterocycles. The van der Waals surface area contributed by atoms with E-state index in [0.29, 0.717) is 11.5 Å². The summed E-state index contributed by atoms with van der Waals surface area (Å²) in [5.41, 5.74) is 2.05. The van der Waals surface area contributed by atoms with Gasteiger partial charge in [0.15, 0.2) is 11.5 Å². The first-order valence-corrected chi connectivity index (χ1v) is 7.73. The summed E-state index contributed by atoms with van der Waals surface area (Å²) in [4.78, 5) is 12.0. The SMILES string of the molecule is Cc1ccc(Nc2ccc(C(=O)NC(C)(C)C)nn2)cc1Br. The highest BCUT2D eigenvalue weighted by Gasteiger charge is 2.16. The summed E-state index contributed by atoms with van der Waals surface area (Å²) in [6.07, 6.45) is 0. The molecule has 116 valence electrons. The second-order valence-electron chi connectivity index (χ2n) is 6.10. The molecular weight excluding hydrogens is 344 g/mol. The zero-order valence-corrected chi connectivity index (χ0v) is 14.7. The molecule has 6 heteroatoms. The van der Waals surface area contributed by atoms with Gasteiger partial charge < -0.3 is 10.6 Å². The van der Waals surface area contributed by atoms with Crippen LogP contribution in [0.2, 0.25) is 0 Å². The lowest BCUT2D eigenvalue weighted by atomic mass is 10.1. The number of rotatable bonds is 3. The van der Waals surface area contributed by atoms with Crippen LogP contribution in [0.1, 0.15) is 36.8 Å². The molecule has 0 atom stereocenters. The normalized spacial score (nSPS) is 11.1. The molecular formula is C16H19BrN4O. The Labute approximate surface area is 138 Å². The summed E-state index contributed by atoms with van der Waals surface area (Å²) < 4.78 is 1.02. The maximum absolute atomic E-state index is 12.0. The first-order valence-electron chi connectivity index (χ1n) is 6.94. The highest BCUT2D eigenvalue weighted by Crippen LogP contribution is 2.22. The van der Waals surface area contributed by atoms with Gasteiger partial charge in [-0.25, -0.2) is 0 Å². The summed E-state index contributed by atoms with van der Waals surface area (Å²) in [5, 5.41) is 14.0. The Morgan fingerprint density at radius 2 is 1.86 bits per heavy atom. The molecule has 0 bridgehead atoms. The summed E-state index contributed by atoms with van der Waals surface area (Å²) in [6, 6.07) is 9.32. The number of anilines is 2. The van der Waals surface area contributed by atoms with E-state index in [1.54, 1.807) is 12.1 Å². The van der Waals surface area contributed by atoms with Crippen LogP contribution in [0.5, 0.6) is 0 Å². The van der Waals surface area contributed by atoms with Crippen molar-refractivity contribution in [1.29, 1.82) is 0 Å². The van der Waals surface area contributed by atoms with Gasteiger partial charge in [-0.2, -0.15) is 0 Å². The fourth-order valence-electron chi connectivity index (χ4n) is 1.74. The van der Waals surface area contributed by atoms with E-state index in [1.165, 1.54) is 0 Å². The van der Waals surface area contributed by atoms with E-state index >= 15 is 0 Å². The number of benzene rings is 1. The fourth-order valence-corrected chi connectivity index (χ4v) is 2.12. The van der Waals surface area contributed by atoms with E-state index < -0.39 is 0 Å². The summed E-state index contributed by atoms with van der Waals surface area (Å²) in [5.74, 6) is 0.354. The van der Waals surface area contributed by atoms with Crippen molar-refractivity contribution in [3.63, 3.8) is 0 Å². The molecule has 1 amide bonds. The van der Waals surface area contributed by atoms with Crippen molar-refractivity contribution in [3.05, 3.63) is 46.1 Å². The lowest BCUT2D eigenvalue weighted by Gasteiger charge is -2.19. The third kappa shape index (κ3) is 4.53. The molecule has 0 spiro atoms. The van der Waals surface area contributed by atoms with Crippen molar-refractivity contribution >= 4 is 33.3 Å². The average molecular weight is 363 g/mol. The second-order valence-corrected chi connectivity index (χ2v) is 6.95. The zero-order chi connectivity index (χ0) is 16.3. The number of aryl methyl sites for hydroxylation is 1. The van der Waals surface area contributed by atoms with Crippen LogP contribution in [-0.4, -0.2) is 21.6 Å². The molecule has 0 fully saturated rings. The number of carbonyl (C=O) groups is 1. The predicted octanol–water partition coefficient (Wildman–Crippen LogP) is 3.82. The van der Waals surface area contributed by atoms with Gasteiger partial charge in [0.2, 0.25) is 0 Å². The van der Waals surface area contributed by atoms with Gasteiger partial charge in [0.1, 0.15) is 0 Å². The van der Waals surface area contributed by atoms with E-state index in [4.69, 9.17) is 0 Å².